The van der Waals surface area contributed by atoms with E-state index < -0.39 is 21.8 Å². The van der Waals surface area contributed by atoms with Gasteiger partial charge in [-0.05, 0) is 66.6 Å². The van der Waals surface area contributed by atoms with Gasteiger partial charge in [0.1, 0.15) is 0 Å². The molecule has 1 aromatic heterocycles. The number of hydrogen-bond donors (Lipinski definition) is 1. The van der Waals surface area contributed by atoms with Crippen molar-refractivity contribution in [1.29, 1.82) is 0 Å². The highest BCUT2D eigenvalue weighted by atomic mass is 32.2. The SMILES string of the molecule is Cc1cncc(-c2cccc3c2CCC3C(=O)NS(=O)(=O)c2ccccc2C)c1. The van der Waals surface area contributed by atoms with Gasteiger partial charge < -0.3 is 0 Å². The van der Waals surface area contributed by atoms with E-state index in [9.17, 15) is 13.2 Å². The molecule has 4 rings (SSSR count). The Morgan fingerprint density at radius 2 is 1.86 bits per heavy atom. The lowest BCUT2D eigenvalue weighted by molar-refractivity contribution is -0.120. The molecule has 1 unspecified atom stereocenters. The third-order valence-corrected chi connectivity index (χ3v) is 6.90. The molecule has 2 aromatic carbocycles. The average Bonchev–Trinajstić information content (AvgIpc) is 3.12. The topological polar surface area (TPSA) is 76.1 Å². The Morgan fingerprint density at radius 3 is 2.62 bits per heavy atom. The Labute approximate surface area is 170 Å². The number of hydrogen-bond acceptors (Lipinski definition) is 4. The van der Waals surface area contributed by atoms with Crippen LogP contribution in [0.5, 0.6) is 0 Å². The van der Waals surface area contributed by atoms with Crippen molar-refractivity contribution < 1.29 is 13.2 Å². The second-order valence-electron chi connectivity index (χ2n) is 7.45. The molecule has 1 amide bonds. The molecular weight excluding hydrogens is 384 g/mol. The first kappa shape index (κ1) is 19.3. The number of amides is 1. The Hall–Kier alpha value is -2.99. The first-order valence-electron chi connectivity index (χ1n) is 9.53. The molecule has 0 radical (unpaired) electrons. The molecule has 0 spiro atoms. The van der Waals surface area contributed by atoms with E-state index in [1.807, 2.05) is 31.3 Å². The van der Waals surface area contributed by atoms with E-state index in [4.69, 9.17) is 0 Å². The third-order valence-electron chi connectivity index (χ3n) is 5.39. The van der Waals surface area contributed by atoms with Crippen molar-refractivity contribution in [2.45, 2.75) is 37.5 Å². The predicted molar refractivity (Wildman–Crippen MR) is 112 cm³/mol. The first-order valence-corrected chi connectivity index (χ1v) is 11.0. The summed E-state index contributed by atoms with van der Waals surface area (Å²) in [6.07, 6.45) is 4.93. The van der Waals surface area contributed by atoms with Crippen LogP contribution in [0, 0.1) is 13.8 Å². The molecule has 1 heterocycles. The van der Waals surface area contributed by atoms with E-state index in [-0.39, 0.29) is 4.90 Å². The fraction of sp³-hybridized carbons (Fsp3) is 0.217. The molecule has 1 aliphatic rings. The Bertz CT molecular complexity index is 1200. The smallest absolute Gasteiger partial charge is 0.264 e. The molecule has 0 saturated heterocycles. The summed E-state index contributed by atoms with van der Waals surface area (Å²) in [5.74, 6) is -0.965. The number of rotatable bonds is 4. The molecule has 1 aliphatic carbocycles. The Morgan fingerprint density at radius 1 is 1.07 bits per heavy atom. The lowest BCUT2D eigenvalue weighted by Gasteiger charge is -2.15. The zero-order chi connectivity index (χ0) is 20.6. The van der Waals surface area contributed by atoms with Crippen LogP contribution in [0.1, 0.15) is 34.6 Å². The van der Waals surface area contributed by atoms with E-state index in [1.54, 1.807) is 31.3 Å². The summed E-state index contributed by atoms with van der Waals surface area (Å²) in [4.78, 5) is 17.3. The molecular formula is C23H22N2O3S. The molecule has 1 atom stereocenters. The maximum absolute atomic E-state index is 12.9. The van der Waals surface area contributed by atoms with Crippen LogP contribution in [0.25, 0.3) is 11.1 Å². The lowest BCUT2D eigenvalue weighted by Crippen LogP contribution is -2.34. The monoisotopic (exact) mass is 406 g/mol. The summed E-state index contributed by atoms with van der Waals surface area (Å²) < 4.78 is 27.7. The number of carbonyl (C=O) groups is 1. The fourth-order valence-electron chi connectivity index (χ4n) is 4.02. The van der Waals surface area contributed by atoms with Gasteiger partial charge in [-0.1, -0.05) is 36.4 Å². The van der Waals surface area contributed by atoms with Crippen LogP contribution in [0.2, 0.25) is 0 Å². The highest BCUT2D eigenvalue weighted by molar-refractivity contribution is 7.90. The maximum atomic E-state index is 12.9. The number of carbonyl (C=O) groups excluding carboxylic acids is 1. The quantitative estimate of drug-likeness (QED) is 0.713. The first-order chi connectivity index (χ1) is 13.9. The third kappa shape index (κ3) is 3.68. The fourth-order valence-corrected chi connectivity index (χ4v) is 5.28. The molecule has 1 N–H and O–H groups in total. The van der Waals surface area contributed by atoms with Crippen molar-refractivity contribution in [2.75, 3.05) is 0 Å². The molecule has 3 aromatic rings. The standard InChI is InChI=1S/C23H22N2O3S/c1-15-12-17(14-24-13-15)18-7-5-8-19-20(18)10-11-21(19)23(26)25-29(27,28)22-9-4-3-6-16(22)2/h3-9,12-14,21H,10-11H2,1-2H3,(H,25,26). The van der Waals surface area contributed by atoms with Crippen LogP contribution in [-0.4, -0.2) is 19.3 Å². The summed E-state index contributed by atoms with van der Waals surface area (Å²) in [7, 11) is -3.91. The van der Waals surface area contributed by atoms with Crippen molar-refractivity contribution in [3.63, 3.8) is 0 Å². The van der Waals surface area contributed by atoms with Gasteiger partial charge in [-0.15, -0.1) is 0 Å². The molecule has 0 aliphatic heterocycles. The zero-order valence-electron chi connectivity index (χ0n) is 16.3. The number of aromatic nitrogens is 1. The Balaban J connectivity index is 1.64. The number of nitrogens with one attached hydrogen (secondary N) is 1. The van der Waals surface area contributed by atoms with Gasteiger partial charge in [0, 0.05) is 18.0 Å². The minimum absolute atomic E-state index is 0.131. The molecule has 0 fully saturated rings. The van der Waals surface area contributed by atoms with Gasteiger partial charge in [-0.2, -0.15) is 0 Å². The van der Waals surface area contributed by atoms with Crippen molar-refractivity contribution >= 4 is 15.9 Å². The second kappa shape index (κ2) is 7.44. The predicted octanol–water partition coefficient (Wildman–Crippen LogP) is 3.90. The molecule has 29 heavy (non-hydrogen) atoms. The minimum atomic E-state index is -3.91. The van der Waals surface area contributed by atoms with Crippen molar-refractivity contribution in [1.82, 2.24) is 9.71 Å². The second-order valence-corrected chi connectivity index (χ2v) is 9.10. The van der Waals surface area contributed by atoms with Gasteiger partial charge in [-0.25, -0.2) is 13.1 Å². The largest absolute Gasteiger partial charge is 0.273 e. The van der Waals surface area contributed by atoms with Crippen LogP contribution < -0.4 is 4.72 Å². The van der Waals surface area contributed by atoms with E-state index in [2.05, 4.69) is 15.8 Å². The Kier molecular flexibility index (Phi) is 4.96. The van der Waals surface area contributed by atoms with E-state index in [0.717, 1.165) is 34.2 Å². The molecule has 0 saturated carbocycles. The molecule has 148 valence electrons. The molecule has 5 nitrogen and oxygen atoms in total. The summed E-state index contributed by atoms with van der Waals surface area (Å²) in [5, 5.41) is 0. The highest BCUT2D eigenvalue weighted by Gasteiger charge is 2.33. The van der Waals surface area contributed by atoms with Crippen molar-refractivity contribution in [3.05, 3.63) is 83.2 Å². The van der Waals surface area contributed by atoms with Gasteiger partial charge in [0.05, 0.1) is 10.8 Å². The summed E-state index contributed by atoms with van der Waals surface area (Å²) >= 11 is 0. The number of benzene rings is 2. The van der Waals surface area contributed by atoms with E-state index in [1.165, 1.54) is 6.07 Å². The molecule has 6 heteroatoms. The van der Waals surface area contributed by atoms with Crippen LogP contribution >= 0.6 is 0 Å². The highest BCUT2D eigenvalue weighted by Crippen LogP contribution is 2.39. The summed E-state index contributed by atoms with van der Waals surface area (Å²) in [5.41, 5.74) is 5.71. The van der Waals surface area contributed by atoms with E-state index in [0.29, 0.717) is 12.0 Å². The zero-order valence-corrected chi connectivity index (χ0v) is 17.2. The lowest BCUT2D eigenvalue weighted by atomic mass is 9.95. The van der Waals surface area contributed by atoms with Crippen molar-refractivity contribution in [3.8, 4) is 11.1 Å². The van der Waals surface area contributed by atoms with Gasteiger partial charge in [-0.3, -0.25) is 9.78 Å². The van der Waals surface area contributed by atoms with Crippen LogP contribution in [0.15, 0.2) is 65.8 Å². The number of fused-ring (bicyclic) bond motifs is 1. The van der Waals surface area contributed by atoms with Gasteiger partial charge >= 0.3 is 0 Å². The van der Waals surface area contributed by atoms with Crippen LogP contribution in [0.3, 0.4) is 0 Å². The maximum Gasteiger partial charge on any atom is 0.264 e. The van der Waals surface area contributed by atoms with Crippen LogP contribution in [-0.2, 0) is 21.2 Å². The summed E-state index contributed by atoms with van der Waals surface area (Å²) in [6, 6.07) is 14.6. The number of pyridine rings is 1. The van der Waals surface area contributed by atoms with Gasteiger partial charge in [0.2, 0.25) is 5.91 Å². The van der Waals surface area contributed by atoms with E-state index >= 15 is 0 Å². The molecule has 0 bridgehead atoms. The van der Waals surface area contributed by atoms with Crippen LogP contribution in [0.4, 0.5) is 0 Å². The number of aryl methyl sites for hydroxylation is 2. The normalized spacial score (nSPS) is 15.7. The summed E-state index contributed by atoms with van der Waals surface area (Å²) in [6.45, 7) is 3.71. The van der Waals surface area contributed by atoms with Gasteiger partial charge in [0.15, 0.2) is 0 Å². The van der Waals surface area contributed by atoms with Gasteiger partial charge in [0.25, 0.3) is 10.0 Å². The minimum Gasteiger partial charge on any atom is -0.273 e. The average molecular weight is 407 g/mol. The van der Waals surface area contributed by atoms with Crippen molar-refractivity contribution in [2.24, 2.45) is 0 Å². The number of sulfonamides is 1. The number of nitrogens with zero attached hydrogens (tertiary/aromatic N) is 1.